The number of hydrogen-bond donors (Lipinski definition) is 1. The fourth-order valence-corrected chi connectivity index (χ4v) is 2.54. The highest BCUT2D eigenvalue weighted by molar-refractivity contribution is 7.12. The summed E-state index contributed by atoms with van der Waals surface area (Å²) in [5.41, 5.74) is 1.60. The summed E-state index contributed by atoms with van der Waals surface area (Å²) in [4.78, 5) is 22.3. The summed E-state index contributed by atoms with van der Waals surface area (Å²) >= 11 is 1.19. The fraction of sp³-hybridized carbons (Fsp3) is 0.200. The van der Waals surface area contributed by atoms with Crippen molar-refractivity contribution in [1.82, 2.24) is 0 Å². The topological polar surface area (TPSA) is 63.6 Å². The molecule has 0 unspecified atom stereocenters. The van der Waals surface area contributed by atoms with Crippen LogP contribution in [0.1, 0.15) is 27.7 Å². The lowest BCUT2D eigenvalue weighted by atomic mass is 10.1. The second kappa shape index (κ2) is 6.34. The number of carbonyl (C=O) groups is 2. The van der Waals surface area contributed by atoms with Gasteiger partial charge in [0.25, 0.3) is 0 Å². The Morgan fingerprint density at radius 3 is 2.50 bits per heavy atom. The van der Waals surface area contributed by atoms with Crippen LogP contribution in [0.15, 0.2) is 35.7 Å². The Morgan fingerprint density at radius 1 is 1.20 bits per heavy atom. The van der Waals surface area contributed by atoms with Crippen LogP contribution >= 0.6 is 11.3 Å². The molecule has 5 heteroatoms. The number of carboxylic acids is 1. The third-order valence-corrected chi connectivity index (χ3v) is 3.66. The third-order valence-electron chi connectivity index (χ3n) is 2.71. The number of carbonyl (C=O) groups excluding carboxylic acids is 1. The van der Waals surface area contributed by atoms with Gasteiger partial charge in [0.1, 0.15) is 23.0 Å². The Bertz CT molecular complexity index is 613. The average molecular weight is 290 g/mol. The van der Waals surface area contributed by atoms with E-state index in [1.807, 2.05) is 12.1 Å². The van der Waals surface area contributed by atoms with Crippen LogP contribution in [0, 0.1) is 0 Å². The number of thiophene rings is 1. The number of carboxylic acid groups (broad SMARTS) is 1. The van der Waals surface area contributed by atoms with Crippen LogP contribution in [0.3, 0.4) is 0 Å². The summed E-state index contributed by atoms with van der Waals surface area (Å²) in [6.45, 7) is 1.77. The summed E-state index contributed by atoms with van der Waals surface area (Å²) in [6.07, 6.45) is 0.411. The molecule has 0 bridgehead atoms. The number of ether oxygens (including phenoxy) is 1. The van der Waals surface area contributed by atoms with E-state index in [-0.39, 0.29) is 12.4 Å². The van der Waals surface area contributed by atoms with Crippen LogP contribution in [0.25, 0.3) is 0 Å². The molecule has 0 aliphatic heterocycles. The number of benzene rings is 1. The Kier molecular flexibility index (Phi) is 4.53. The fourth-order valence-electron chi connectivity index (χ4n) is 1.79. The van der Waals surface area contributed by atoms with Crippen molar-refractivity contribution in [2.24, 2.45) is 0 Å². The van der Waals surface area contributed by atoms with E-state index in [1.54, 1.807) is 30.5 Å². The zero-order chi connectivity index (χ0) is 14.5. The molecule has 0 aliphatic rings. The van der Waals surface area contributed by atoms with Gasteiger partial charge >= 0.3 is 5.97 Å². The van der Waals surface area contributed by atoms with E-state index in [0.717, 1.165) is 5.56 Å². The number of aromatic carboxylic acids is 1. The second-order valence-electron chi connectivity index (χ2n) is 4.39. The molecule has 1 aromatic carbocycles. The largest absolute Gasteiger partial charge is 0.489 e. The number of ketones is 1. The monoisotopic (exact) mass is 290 g/mol. The SMILES string of the molecule is CC(=O)Cc1ccc(OCc2ccsc2C(=O)O)cc1. The number of Topliss-reactive ketones (excluding diaryl/α,β-unsaturated/α-hetero) is 1. The molecular formula is C15H14O4S. The number of hydrogen-bond acceptors (Lipinski definition) is 4. The summed E-state index contributed by atoms with van der Waals surface area (Å²) in [6, 6.07) is 8.99. The van der Waals surface area contributed by atoms with Crippen LogP contribution in [-0.4, -0.2) is 16.9 Å². The minimum Gasteiger partial charge on any atom is -0.489 e. The highest BCUT2D eigenvalue weighted by Crippen LogP contribution is 2.20. The van der Waals surface area contributed by atoms with Crippen LogP contribution in [-0.2, 0) is 17.8 Å². The van der Waals surface area contributed by atoms with Gasteiger partial charge in [-0.1, -0.05) is 12.1 Å². The summed E-state index contributed by atoms with van der Waals surface area (Å²) in [7, 11) is 0. The molecule has 0 aliphatic carbocycles. The van der Waals surface area contributed by atoms with Crippen molar-refractivity contribution in [3.8, 4) is 5.75 Å². The number of rotatable bonds is 6. The van der Waals surface area contributed by atoms with E-state index in [0.29, 0.717) is 22.6 Å². The molecule has 0 atom stereocenters. The lowest BCUT2D eigenvalue weighted by Gasteiger charge is -2.06. The van der Waals surface area contributed by atoms with E-state index in [4.69, 9.17) is 9.84 Å². The zero-order valence-corrected chi connectivity index (χ0v) is 11.8. The van der Waals surface area contributed by atoms with Crippen molar-refractivity contribution in [3.63, 3.8) is 0 Å². The molecule has 1 heterocycles. The Labute approximate surface area is 120 Å². The van der Waals surface area contributed by atoms with Crippen molar-refractivity contribution < 1.29 is 19.4 Å². The summed E-state index contributed by atoms with van der Waals surface area (Å²) in [5.74, 6) is -0.168. The van der Waals surface area contributed by atoms with Gasteiger partial charge in [-0.3, -0.25) is 4.79 Å². The molecule has 1 aromatic heterocycles. The summed E-state index contributed by atoms with van der Waals surface area (Å²) in [5, 5.41) is 10.7. The lowest BCUT2D eigenvalue weighted by molar-refractivity contribution is -0.116. The van der Waals surface area contributed by atoms with Gasteiger partial charge in [0.05, 0.1) is 0 Å². The summed E-state index contributed by atoms with van der Waals surface area (Å²) < 4.78 is 5.56. The smallest absolute Gasteiger partial charge is 0.346 e. The van der Waals surface area contributed by atoms with Crippen molar-refractivity contribution in [2.45, 2.75) is 20.0 Å². The highest BCUT2D eigenvalue weighted by atomic mass is 32.1. The van der Waals surface area contributed by atoms with Crippen molar-refractivity contribution in [1.29, 1.82) is 0 Å². The van der Waals surface area contributed by atoms with Gasteiger partial charge in [-0.15, -0.1) is 11.3 Å². The molecule has 2 aromatic rings. The Hall–Kier alpha value is -2.14. The normalized spacial score (nSPS) is 10.2. The van der Waals surface area contributed by atoms with Crippen LogP contribution in [0.4, 0.5) is 0 Å². The maximum atomic E-state index is 11.0. The van der Waals surface area contributed by atoms with Gasteiger partial charge in [0.2, 0.25) is 0 Å². The van der Waals surface area contributed by atoms with Gasteiger partial charge in [0, 0.05) is 12.0 Å². The molecular weight excluding hydrogens is 276 g/mol. The highest BCUT2D eigenvalue weighted by Gasteiger charge is 2.11. The molecule has 0 fully saturated rings. The predicted molar refractivity (Wildman–Crippen MR) is 76.4 cm³/mol. The molecule has 20 heavy (non-hydrogen) atoms. The average Bonchev–Trinajstić information content (AvgIpc) is 2.86. The molecule has 0 amide bonds. The molecule has 0 spiro atoms. The maximum absolute atomic E-state index is 11.0. The van der Waals surface area contributed by atoms with Crippen molar-refractivity contribution >= 4 is 23.1 Å². The van der Waals surface area contributed by atoms with E-state index in [2.05, 4.69) is 0 Å². The first-order valence-corrected chi connectivity index (χ1v) is 6.95. The quantitative estimate of drug-likeness (QED) is 0.887. The first-order valence-electron chi connectivity index (χ1n) is 6.07. The first kappa shape index (κ1) is 14.3. The molecule has 0 saturated heterocycles. The van der Waals surface area contributed by atoms with Crippen LogP contribution < -0.4 is 4.74 Å². The van der Waals surface area contributed by atoms with Crippen molar-refractivity contribution in [3.05, 3.63) is 51.7 Å². The van der Waals surface area contributed by atoms with E-state index < -0.39 is 5.97 Å². The van der Waals surface area contributed by atoms with Crippen molar-refractivity contribution in [2.75, 3.05) is 0 Å². The van der Waals surface area contributed by atoms with E-state index in [1.165, 1.54) is 11.3 Å². The Balaban J connectivity index is 1.98. The molecule has 104 valence electrons. The first-order chi connectivity index (χ1) is 9.56. The van der Waals surface area contributed by atoms with Gasteiger partial charge < -0.3 is 9.84 Å². The molecule has 4 nitrogen and oxygen atoms in total. The molecule has 2 rings (SSSR count). The van der Waals surface area contributed by atoms with Gasteiger partial charge in [-0.2, -0.15) is 0 Å². The van der Waals surface area contributed by atoms with Crippen LogP contribution in [0.5, 0.6) is 5.75 Å². The molecule has 1 N–H and O–H groups in total. The second-order valence-corrected chi connectivity index (χ2v) is 5.31. The molecule has 0 radical (unpaired) electrons. The maximum Gasteiger partial charge on any atom is 0.346 e. The minimum atomic E-state index is -0.935. The minimum absolute atomic E-state index is 0.114. The standard InChI is InChI=1S/C15H14O4S/c1-10(16)8-11-2-4-13(5-3-11)19-9-12-6-7-20-14(12)15(17)18/h2-7H,8-9H2,1H3,(H,17,18). The van der Waals surface area contributed by atoms with Crippen LogP contribution in [0.2, 0.25) is 0 Å². The van der Waals surface area contributed by atoms with Gasteiger partial charge in [-0.05, 0) is 36.1 Å². The van der Waals surface area contributed by atoms with E-state index >= 15 is 0 Å². The van der Waals surface area contributed by atoms with Gasteiger partial charge in [-0.25, -0.2) is 4.79 Å². The third kappa shape index (κ3) is 3.68. The predicted octanol–water partition coefficient (Wildman–Crippen LogP) is 3.16. The lowest BCUT2D eigenvalue weighted by Crippen LogP contribution is -2.02. The molecule has 0 saturated carbocycles. The zero-order valence-electron chi connectivity index (χ0n) is 11.0. The van der Waals surface area contributed by atoms with E-state index in [9.17, 15) is 9.59 Å². The van der Waals surface area contributed by atoms with Gasteiger partial charge in [0.15, 0.2) is 0 Å². The Morgan fingerprint density at radius 2 is 1.90 bits per heavy atom.